The van der Waals surface area contributed by atoms with E-state index in [-0.39, 0.29) is 12.5 Å². The molecule has 2 nitrogen and oxygen atoms in total. The Morgan fingerprint density at radius 1 is 1.18 bits per heavy atom. The molecule has 0 amide bonds. The number of piperazine rings is 1. The highest BCUT2D eigenvalue weighted by Crippen LogP contribution is 2.19. The molecule has 1 aliphatic rings. The molecule has 94 valence electrons. The van der Waals surface area contributed by atoms with E-state index >= 15 is 0 Å². The lowest BCUT2D eigenvalue weighted by Crippen LogP contribution is -2.58. The van der Waals surface area contributed by atoms with Gasteiger partial charge in [-0.05, 0) is 24.3 Å². The molecule has 2 rings (SSSR count). The number of anilines is 1. The summed E-state index contributed by atoms with van der Waals surface area (Å²) in [4.78, 5) is 2.23. The van der Waals surface area contributed by atoms with Gasteiger partial charge < -0.3 is 9.38 Å². The minimum atomic E-state index is -0.257. The lowest BCUT2D eigenvalue weighted by atomic mass is 10.2. The highest BCUT2D eigenvalue weighted by Gasteiger charge is 2.28. The van der Waals surface area contributed by atoms with Crippen LogP contribution in [0.3, 0.4) is 0 Å². The fraction of sp³-hybridized carbons (Fsp3) is 0.538. The van der Waals surface area contributed by atoms with Crippen molar-refractivity contribution < 1.29 is 13.3 Å². The van der Waals surface area contributed by atoms with Gasteiger partial charge in [-0.15, -0.1) is 0 Å². The number of quaternary nitrogens is 1. The van der Waals surface area contributed by atoms with Crippen LogP contribution in [-0.2, 0) is 0 Å². The van der Waals surface area contributed by atoms with E-state index in [4.69, 9.17) is 0 Å². The first-order valence-electron chi connectivity index (χ1n) is 6.03. The van der Waals surface area contributed by atoms with Gasteiger partial charge in [0.2, 0.25) is 0 Å². The first kappa shape index (κ1) is 12.3. The molecule has 0 saturated carbocycles. The Morgan fingerprint density at radius 3 is 2.29 bits per heavy atom. The minimum absolute atomic E-state index is 0.205. The van der Waals surface area contributed by atoms with Crippen molar-refractivity contribution in [1.82, 2.24) is 0 Å². The van der Waals surface area contributed by atoms with Crippen LogP contribution in [0.15, 0.2) is 24.3 Å². The van der Waals surface area contributed by atoms with Gasteiger partial charge in [0.15, 0.2) is 0 Å². The average molecular weight is 241 g/mol. The Bertz CT molecular complexity index is 356. The predicted molar refractivity (Wildman–Crippen MR) is 65.4 cm³/mol. The van der Waals surface area contributed by atoms with Gasteiger partial charge in [-0.1, -0.05) is 0 Å². The van der Waals surface area contributed by atoms with Gasteiger partial charge in [-0.2, -0.15) is 0 Å². The van der Waals surface area contributed by atoms with E-state index < -0.39 is 0 Å². The largest absolute Gasteiger partial charge is 0.360 e. The van der Waals surface area contributed by atoms with E-state index in [9.17, 15) is 8.78 Å². The quantitative estimate of drug-likeness (QED) is 0.732. The van der Waals surface area contributed by atoms with Crippen LogP contribution in [0, 0.1) is 5.82 Å². The van der Waals surface area contributed by atoms with Crippen LogP contribution in [0.1, 0.15) is 0 Å². The van der Waals surface area contributed by atoms with Crippen LogP contribution in [0.5, 0.6) is 0 Å². The van der Waals surface area contributed by atoms with Crippen LogP contribution in [0.25, 0.3) is 0 Å². The van der Waals surface area contributed by atoms with Crippen LogP contribution in [0.2, 0.25) is 0 Å². The molecular formula is C13H19F2N2+. The van der Waals surface area contributed by atoms with Gasteiger partial charge in [0.05, 0.1) is 33.2 Å². The molecule has 17 heavy (non-hydrogen) atoms. The Hall–Kier alpha value is -1.16. The van der Waals surface area contributed by atoms with Gasteiger partial charge in [0, 0.05) is 5.69 Å². The topological polar surface area (TPSA) is 3.24 Å². The van der Waals surface area contributed by atoms with Gasteiger partial charge >= 0.3 is 0 Å². The van der Waals surface area contributed by atoms with E-state index in [1.807, 2.05) is 0 Å². The summed E-state index contributed by atoms with van der Waals surface area (Å²) in [7, 11) is 2.10. The van der Waals surface area contributed by atoms with Crippen molar-refractivity contribution in [3.8, 4) is 0 Å². The number of alkyl halides is 1. The number of nitrogens with zero attached hydrogens (tertiary/aromatic N) is 2. The summed E-state index contributed by atoms with van der Waals surface area (Å²) in [5.41, 5.74) is 1.05. The molecule has 1 aliphatic heterocycles. The second kappa shape index (κ2) is 5.00. The summed E-state index contributed by atoms with van der Waals surface area (Å²) in [6.45, 7) is 4.04. The minimum Gasteiger partial charge on any atom is -0.360 e. The summed E-state index contributed by atoms with van der Waals surface area (Å²) < 4.78 is 26.0. The third kappa shape index (κ3) is 2.94. The summed E-state index contributed by atoms with van der Waals surface area (Å²) >= 11 is 0. The Balaban J connectivity index is 1.97. The number of halogens is 2. The second-order valence-electron chi connectivity index (χ2n) is 4.94. The molecule has 1 fully saturated rings. The first-order valence-corrected chi connectivity index (χ1v) is 6.03. The molecule has 0 aromatic heterocycles. The molecule has 1 saturated heterocycles. The van der Waals surface area contributed by atoms with E-state index in [1.54, 1.807) is 12.1 Å². The molecule has 0 aliphatic carbocycles. The number of rotatable bonds is 3. The molecular weight excluding hydrogens is 222 g/mol. The van der Waals surface area contributed by atoms with Crippen molar-refractivity contribution >= 4 is 5.69 Å². The van der Waals surface area contributed by atoms with E-state index in [2.05, 4.69) is 11.9 Å². The second-order valence-corrected chi connectivity index (χ2v) is 4.94. The predicted octanol–water partition coefficient (Wildman–Crippen LogP) is 2.06. The summed E-state index contributed by atoms with van der Waals surface area (Å²) in [5, 5.41) is 0. The molecule has 0 spiro atoms. The van der Waals surface area contributed by atoms with Crippen molar-refractivity contribution in [1.29, 1.82) is 0 Å². The van der Waals surface area contributed by atoms with Gasteiger partial charge in [0.1, 0.15) is 19.0 Å². The highest BCUT2D eigenvalue weighted by atomic mass is 19.1. The summed E-state index contributed by atoms with van der Waals surface area (Å²) in [6.07, 6.45) is 0. The highest BCUT2D eigenvalue weighted by molar-refractivity contribution is 5.46. The fourth-order valence-electron chi connectivity index (χ4n) is 2.29. The molecule has 4 heteroatoms. The molecule has 1 aromatic carbocycles. The third-order valence-electron chi connectivity index (χ3n) is 3.64. The smallest absolute Gasteiger partial charge is 0.138 e. The normalized spacial score (nSPS) is 19.4. The number of likely N-dealkylation sites (N-methyl/N-ethyl adjacent to an activating group) is 1. The lowest BCUT2D eigenvalue weighted by molar-refractivity contribution is -0.909. The zero-order valence-corrected chi connectivity index (χ0v) is 10.2. The molecule has 0 unspecified atom stereocenters. The maximum atomic E-state index is 12.8. The monoisotopic (exact) mass is 241 g/mol. The maximum absolute atomic E-state index is 12.8. The van der Waals surface area contributed by atoms with E-state index in [0.717, 1.165) is 36.3 Å². The Labute approximate surface area is 101 Å². The van der Waals surface area contributed by atoms with Crippen molar-refractivity contribution in [2.75, 3.05) is 51.3 Å². The van der Waals surface area contributed by atoms with Crippen molar-refractivity contribution in [3.05, 3.63) is 30.1 Å². The Morgan fingerprint density at radius 2 is 1.76 bits per heavy atom. The van der Waals surface area contributed by atoms with Crippen LogP contribution < -0.4 is 4.90 Å². The van der Waals surface area contributed by atoms with Crippen molar-refractivity contribution in [2.45, 2.75) is 0 Å². The van der Waals surface area contributed by atoms with Crippen molar-refractivity contribution in [3.63, 3.8) is 0 Å². The van der Waals surface area contributed by atoms with Gasteiger partial charge in [-0.3, -0.25) is 0 Å². The number of benzene rings is 1. The molecule has 0 N–H and O–H groups in total. The Kier molecular flexibility index (Phi) is 3.62. The number of hydrogen-bond acceptors (Lipinski definition) is 1. The molecule has 0 radical (unpaired) electrons. The zero-order chi connectivity index (χ0) is 12.3. The maximum Gasteiger partial charge on any atom is 0.138 e. The van der Waals surface area contributed by atoms with Crippen LogP contribution in [0.4, 0.5) is 14.5 Å². The van der Waals surface area contributed by atoms with Gasteiger partial charge in [-0.25, -0.2) is 8.78 Å². The summed E-state index contributed by atoms with van der Waals surface area (Å²) in [6, 6.07) is 6.58. The fourth-order valence-corrected chi connectivity index (χ4v) is 2.29. The van der Waals surface area contributed by atoms with Crippen LogP contribution in [-0.4, -0.2) is 50.9 Å². The third-order valence-corrected chi connectivity index (χ3v) is 3.64. The first-order chi connectivity index (χ1) is 8.13. The van der Waals surface area contributed by atoms with Gasteiger partial charge in [0.25, 0.3) is 0 Å². The number of hydrogen-bond donors (Lipinski definition) is 0. The molecule has 1 heterocycles. The van der Waals surface area contributed by atoms with E-state index in [1.165, 1.54) is 12.1 Å². The molecule has 0 atom stereocenters. The molecule has 1 aromatic rings. The zero-order valence-electron chi connectivity index (χ0n) is 10.2. The van der Waals surface area contributed by atoms with Crippen molar-refractivity contribution in [2.24, 2.45) is 0 Å². The SMILES string of the molecule is C[N+]1(CCF)CCN(c2ccc(F)cc2)CC1. The standard InChI is InChI=1S/C13H19F2N2/c1-17(9-6-14)10-7-16(8-11-17)13-4-2-12(15)3-5-13/h2-5H,6-11H2,1H3/q+1. The molecule has 0 bridgehead atoms. The average Bonchev–Trinajstić information content (AvgIpc) is 2.31. The van der Waals surface area contributed by atoms with Crippen LogP contribution >= 0.6 is 0 Å². The van der Waals surface area contributed by atoms with E-state index in [0.29, 0.717) is 6.54 Å². The summed E-state index contributed by atoms with van der Waals surface area (Å²) in [5.74, 6) is -0.205. The lowest BCUT2D eigenvalue weighted by Gasteiger charge is -2.42.